The first-order chi connectivity index (χ1) is 13.0. The molecule has 0 aliphatic carbocycles. The Kier molecular flexibility index (Phi) is 11.9. The molecular formula is C16H28N4O7S. The summed E-state index contributed by atoms with van der Waals surface area (Å²) in [5, 5.41) is 24.3. The van der Waals surface area contributed by atoms with Crippen LogP contribution in [-0.2, 0) is 24.0 Å². The summed E-state index contributed by atoms with van der Waals surface area (Å²) in [7, 11) is 0. The van der Waals surface area contributed by atoms with E-state index in [1.165, 1.54) is 0 Å². The molecule has 0 saturated carbocycles. The summed E-state index contributed by atoms with van der Waals surface area (Å²) < 4.78 is 0. The number of carbonyl (C=O) groups excluding carboxylic acids is 3. The second-order valence-electron chi connectivity index (χ2n) is 6.26. The summed E-state index contributed by atoms with van der Waals surface area (Å²) >= 11 is 3.95. The minimum absolute atomic E-state index is 0.136. The van der Waals surface area contributed by atoms with E-state index in [0.717, 1.165) is 0 Å². The molecule has 160 valence electrons. The first-order valence-electron chi connectivity index (χ1n) is 8.71. The number of aliphatic carboxylic acids is 2. The number of carboxylic acids is 2. The monoisotopic (exact) mass is 420 g/mol. The van der Waals surface area contributed by atoms with Crippen LogP contribution in [-0.4, -0.2) is 70.3 Å². The SMILES string of the molecule is CC[C@H](C)[C@H](N)C(=O)N[C@@H](CCC(=O)O)C(=O)N[C@@H](CS)C(=O)NCC(=O)O. The molecule has 0 saturated heterocycles. The molecule has 0 rings (SSSR count). The standard InChI is InChI=1S/C16H28N4O7S/c1-3-8(2)13(17)16(27)19-9(4-5-11(21)22)15(26)20-10(7-28)14(25)18-6-12(23)24/h8-10,13,28H,3-7,17H2,1-2H3,(H,18,25)(H,19,27)(H,20,26)(H,21,22)(H,23,24)/t8-,9-,10-,13-/m0/s1. The lowest BCUT2D eigenvalue weighted by Crippen LogP contribution is -2.57. The summed E-state index contributed by atoms with van der Waals surface area (Å²) in [5.74, 6) is -4.90. The number of carboxylic acid groups (broad SMARTS) is 2. The summed E-state index contributed by atoms with van der Waals surface area (Å²) in [5.41, 5.74) is 5.83. The van der Waals surface area contributed by atoms with Crippen molar-refractivity contribution in [2.75, 3.05) is 12.3 Å². The van der Waals surface area contributed by atoms with E-state index in [-0.39, 0.29) is 18.1 Å². The maximum Gasteiger partial charge on any atom is 0.322 e. The van der Waals surface area contributed by atoms with E-state index in [9.17, 15) is 24.0 Å². The van der Waals surface area contributed by atoms with Crippen LogP contribution in [0.2, 0.25) is 0 Å². The molecule has 0 fully saturated rings. The molecule has 4 atom stereocenters. The van der Waals surface area contributed by atoms with E-state index in [1.807, 2.05) is 6.92 Å². The zero-order chi connectivity index (χ0) is 21.9. The van der Waals surface area contributed by atoms with Crippen LogP contribution in [0.15, 0.2) is 0 Å². The van der Waals surface area contributed by atoms with Gasteiger partial charge in [-0.25, -0.2) is 0 Å². The van der Waals surface area contributed by atoms with Gasteiger partial charge in [-0.2, -0.15) is 12.6 Å². The molecule has 0 bridgehead atoms. The Morgan fingerprint density at radius 1 is 0.964 bits per heavy atom. The van der Waals surface area contributed by atoms with Crippen LogP contribution in [0.4, 0.5) is 0 Å². The summed E-state index contributed by atoms with van der Waals surface area (Å²) in [4.78, 5) is 58.0. The predicted octanol–water partition coefficient (Wildman–Crippen LogP) is -1.68. The Hall–Kier alpha value is -2.34. The van der Waals surface area contributed by atoms with Crippen LogP contribution in [0.1, 0.15) is 33.1 Å². The third kappa shape index (κ3) is 9.55. The average molecular weight is 420 g/mol. The molecule has 0 aromatic carbocycles. The van der Waals surface area contributed by atoms with Crippen molar-refractivity contribution in [3.63, 3.8) is 0 Å². The molecule has 7 N–H and O–H groups in total. The van der Waals surface area contributed by atoms with Crippen molar-refractivity contribution in [3.8, 4) is 0 Å². The lowest BCUT2D eigenvalue weighted by atomic mass is 9.98. The fourth-order valence-corrected chi connectivity index (χ4v) is 2.33. The van der Waals surface area contributed by atoms with Crippen molar-refractivity contribution >= 4 is 42.3 Å². The van der Waals surface area contributed by atoms with Gasteiger partial charge in [-0.05, 0) is 12.3 Å². The van der Waals surface area contributed by atoms with Crippen molar-refractivity contribution < 1.29 is 34.2 Å². The number of nitrogens with one attached hydrogen (secondary N) is 3. The zero-order valence-electron chi connectivity index (χ0n) is 15.8. The normalized spacial score (nSPS) is 14.9. The van der Waals surface area contributed by atoms with E-state index < -0.39 is 60.8 Å². The van der Waals surface area contributed by atoms with E-state index >= 15 is 0 Å². The molecule has 11 nitrogen and oxygen atoms in total. The second-order valence-corrected chi connectivity index (χ2v) is 6.63. The molecule has 0 aliphatic rings. The predicted molar refractivity (Wildman–Crippen MR) is 103 cm³/mol. The van der Waals surface area contributed by atoms with E-state index in [4.69, 9.17) is 15.9 Å². The first-order valence-corrected chi connectivity index (χ1v) is 9.35. The molecule has 0 radical (unpaired) electrons. The Bertz CT molecular complexity index is 587. The van der Waals surface area contributed by atoms with Crippen LogP contribution in [0.3, 0.4) is 0 Å². The quantitative estimate of drug-likeness (QED) is 0.172. The van der Waals surface area contributed by atoms with Crippen LogP contribution >= 0.6 is 12.6 Å². The average Bonchev–Trinajstić information content (AvgIpc) is 2.65. The van der Waals surface area contributed by atoms with Gasteiger partial charge in [-0.1, -0.05) is 20.3 Å². The van der Waals surface area contributed by atoms with Gasteiger partial charge in [-0.15, -0.1) is 0 Å². The van der Waals surface area contributed by atoms with Gasteiger partial charge in [0.2, 0.25) is 17.7 Å². The Labute approximate surface area is 168 Å². The molecule has 28 heavy (non-hydrogen) atoms. The highest BCUT2D eigenvalue weighted by Gasteiger charge is 2.29. The van der Waals surface area contributed by atoms with E-state index in [0.29, 0.717) is 6.42 Å². The molecular weight excluding hydrogens is 392 g/mol. The Balaban J connectivity index is 5.12. The summed E-state index contributed by atoms with van der Waals surface area (Å²) in [6.45, 7) is 2.97. The second kappa shape index (κ2) is 12.9. The number of nitrogens with two attached hydrogens (primary N) is 1. The van der Waals surface area contributed by atoms with Gasteiger partial charge in [0.25, 0.3) is 0 Å². The van der Waals surface area contributed by atoms with E-state index in [1.54, 1.807) is 6.92 Å². The van der Waals surface area contributed by atoms with Gasteiger partial charge in [-0.3, -0.25) is 24.0 Å². The maximum atomic E-state index is 12.5. The first kappa shape index (κ1) is 25.7. The topological polar surface area (TPSA) is 188 Å². The third-order valence-corrected chi connectivity index (χ3v) is 4.43. The molecule has 0 aliphatic heterocycles. The summed E-state index contributed by atoms with van der Waals surface area (Å²) in [6, 6.07) is -3.28. The minimum atomic E-state index is -1.26. The lowest BCUT2D eigenvalue weighted by Gasteiger charge is -2.24. The fourth-order valence-electron chi connectivity index (χ4n) is 2.07. The molecule has 3 amide bonds. The molecule has 0 heterocycles. The van der Waals surface area contributed by atoms with Crippen molar-refractivity contribution in [3.05, 3.63) is 0 Å². The fraction of sp³-hybridized carbons (Fsp3) is 0.688. The van der Waals surface area contributed by atoms with Crippen molar-refractivity contribution in [2.24, 2.45) is 11.7 Å². The van der Waals surface area contributed by atoms with Crippen LogP contribution in [0.5, 0.6) is 0 Å². The highest BCUT2D eigenvalue weighted by molar-refractivity contribution is 7.80. The third-order valence-electron chi connectivity index (χ3n) is 4.07. The molecule has 0 unspecified atom stereocenters. The number of carbonyl (C=O) groups is 5. The highest BCUT2D eigenvalue weighted by Crippen LogP contribution is 2.07. The number of hydrogen-bond donors (Lipinski definition) is 7. The van der Waals surface area contributed by atoms with Gasteiger partial charge < -0.3 is 31.9 Å². The molecule has 12 heteroatoms. The zero-order valence-corrected chi connectivity index (χ0v) is 16.7. The Morgan fingerprint density at radius 2 is 1.54 bits per heavy atom. The number of rotatable bonds is 13. The smallest absolute Gasteiger partial charge is 0.322 e. The largest absolute Gasteiger partial charge is 0.481 e. The molecule has 0 aromatic heterocycles. The van der Waals surface area contributed by atoms with Crippen molar-refractivity contribution in [1.82, 2.24) is 16.0 Å². The van der Waals surface area contributed by atoms with Crippen LogP contribution in [0.25, 0.3) is 0 Å². The van der Waals surface area contributed by atoms with E-state index in [2.05, 4.69) is 28.6 Å². The van der Waals surface area contributed by atoms with Gasteiger partial charge in [0.15, 0.2) is 0 Å². The maximum absolute atomic E-state index is 12.5. The van der Waals surface area contributed by atoms with Crippen LogP contribution in [0, 0.1) is 5.92 Å². The summed E-state index contributed by atoms with van der Waals surface area (Å²) in [6.07, 6.45) is 0.0237. The molecule has 0 aromatic rings. The van der Waals surface area contributed by atoms with Crippen molar-refractivity contribution in [2.45, 2.75) is 51.2 Å². The minimum Gasteiger partial charge on any atom is -0.481 e. The lowest BCUT2D eigenvalue weighted by molar-refractivity contribution is -0.138. The molecule has 0 spiro atoms. The van der Waals surface area contributed by atoms with Gasteiger partial charge in [0.05, 0.1) is 6.04 Å². The van der Waals surface area contributed by atoms with Crippen LogP contribution < -0.4 is 21.7 Å². The number of hydrogen-bond acceptors (Lipinski definition) is 7. The van der Waals surface area contributed by atoms with Gasteiger partial charge >= 0.3 is 11.9 Å². The van der Waals surface area contributed by atoms with Gasteiger partial charge in [0.1, 0.15) is 18.6 Å². The highest BCUT2D eigenvalue weighted by atomic mass is 32.1. The van der Waals surface area contributed by atoms with Gasteiger partial charge in [0, 0.05) is 12.2 Å². The number of amides is 3. The Morgan fingerprint density at radius 3 is 2.00 bits per heavy atom. The number of thiol groups is 1. The van der Waals surface area contributed by atoms with Crippen molar-refractivity contribution in [1.29, 1.82) is 0 Å².